The fourth-order valence-corrected chi connectivity index (χ4v) is 4.87. The standard InChI is InChI=1S/C25H23N3O2S/c26-14-15-30-20-12-10-19(11-13-20)17-28-25-23(21-8-4-5-9-22(21)31-25)24(29)27-16-18-6-2-1-3-7-18/h1-3,6-7,10-13,17H,4-5,8-9,15-16H2,(H,27,29). The van der Waals surface area contributed by atoms with E-state index in [0.29, 0.717) is 12.3 Å². The number of ether oxygens (including phenoxy) is 1. The number of thiophene rings is 1. The zero-order valence-corrected chi connectivity index (χ0v) is 18.0. The molecule has 0 unspecified atom stereocenters. The summed E-state index contributed by atoms with van der Waals surface area (Å²) in [6.07, 6.45) is 5.99. The molecule has 0 fully saturated rings. The number of nitriles is 1. The highest BCUT2D eigenvalue weighted by molar-refractivity contribution is 7.16. The lowest BCUT2D eigenvalue weighted by atomic mass is 9.95. The second-order valence-corrected chi connectivity index (χ2v) is 8.42. The third kappa shape index (κ3) is 5.19. The van der Waals surface area contributed by atoms with E-state index in [1.54, 1.807) is 17.6 Å². The number of hydrogen-bond donors (Lipinski definition) is 1. The number of amides is 1. The lowest BCUT2D eigenvalue weighted by molar-refractivity contribution is 0.0951. The molecular formula is C25H23N3O2S. The van der Waals surface area contributed by atoms with Crippen molar-refractivity contribution in [2.45, 2.75) is 32.2 Å². The summed E-state index contributed by atoms with van der Waals surface area (Å²) in [5.74, 6) is 0.585. The SMILES string of the molecule is N#CCOc1ccc(C=Nc2sc3c(c2C(=O)NCc2ccccc2)CCCC3)cc1. The van der Waals surface area contributed by atoms with Crippen molar-refractivity contribution in [1.82, 2.24) is 5.32 Å². The maximum atomic E-state index is 13.1. The van der Waals surface area contributed by atoms with Crippen LogP contribution in [0.1, 0.15) is 44.8 Å². The van der Waals surface area contributed by atoms with Crippen molar-refractivity contribution >= 4 is 28.5 Å². The van der Waals surface area contributed by atoms with Gasteiger partial charge in [0.2, 0.25) is 0 Å². The van der Waals surface area contributed by atoms with Crippen molar-refractivity contribution in [3.63, 3.8) is 0 Å². The van der Waals surface area contributed by atoms with Crippen LogP contribution in [0, 0.1) is 11.3 Å². The van der Waals surface area contributed by atoms with Crippen molar-refractivity contribution in [3.05, 3.63) is 81.7 Å². The fraction of sp³-hybridized carbons (Fsp3) is 0.240. The summed E-state index contributed by atoms with van der Waals surface area (Å²) in [4.78, 5) is 19.1. The molecule has 0 saturated heterocycles. The van der Waals surface area contributed by atoms with Crippen LogP contribution < -0.4 is 10.1 Å². The first-order chi connectivity index (χ1) is 15.2. The predicted octanol–water partition coefficient (Wildman–Crippen LogP) is 5.21. The number of hydrogen-bond acceptors (Lipinski definition) is 5. The third-order valence-corrected chi connectivity index (χ3v) is 6.39. The van der Waals surface area contributed by atoms with Gasteiger partial charge in [0, 0.05) is 17.6 Å². The van der Waals surface area contributed by atoms with Gasteiger partial charge in [-0.2, -0.15) is 5.26 Å². The Bertz CT molecular complexity index is 1110. The summed E-state index contributed by atoms with van der Waals surface area (Å²) in [6.45, 7) is 0.521. The largest absolute Gasteiger partial charge is 0.479 e. The zero-order valence-electron chi connectivity index (χ0n) is 17.1. The van der Waals surface area contributed by atoms with Crippen LogP contribution in [0.15, 0.2) is 59.6 Å². The first-order valence-electron chi connectivity index (χ1n) is 10.3. The molecular weight excluding hydrogens is 406 g/mol. The van der Waals surface area contributed by atoms with Gasteiger partial charge >= 0.3 is 0 Å². The van der Waals surface area contributed by atoms with Crippen LogP contribution in [-0.4, -0.2) is 18.7 Å². The molecule has 6 heteroatoms. The molecule has 4 rings (SSSR count). The number of aryl methyl sites for hydroxylation is 1. The van der Waals surface area contributed by atoms with Crippen LogP contribution in [0.5, 0.6) is 5.75 Å². The molecule has 1 aromatic heterocycles. The van der Waals surface area contributed by atoms with Gasteiger partial charge in [0.1, 0.15) is 16.8 Å². The summed E-state index contributed by atoms with van der Waals surface area (Å²) in [7, 11) is 0. The number of nitrogens with zero attached hydrogens (tertiary/aromatic N) is 2. The topological polar surface area (TPSA) is 74.5 Å². The summed E-state index contributed by atoms with van der Waals surface area (Å²) in [6, 6.07) is 19.3. The van der Waals surface area contributed by atoms with Gasteiger partial charge in [-0.15, -0.1) is 11.3 Å². The molecule has 156 valence electrons. The molecule has 0 bridgehead atoms. The highest BCUT2D eigenvalue weighted by atomic mass is 32.1. The van der Waals surface area contributed by atoms with Crippen molar-refractivity contribution in [1.29, 1.82) is 5.26 Å². The number of aliphatic imine (C=N–C) groups is 1. The second kappa shape index (κ2) is 10.1. The van der Waals surface area contributed by atoms with E-state index in [1.807, 2.05) is 60.7 Å². The van der Waals surface area contributed by atoms with Crippen molar-refractivity contribution in [3.8, 4) is 11.8 Å². The van der Waals surface area contributed by atoms with Gasteiger partial charge in [-0.3, -0.25) is 4.79 Å². The van der Waals surface area contributed by atoms with E-state index in [0.717, 1.165) is 52.9 Å². The molecule has 0 saturated carbocycles. The van der Waals surface area contributed by atoms with Crippen LogP contribution >= 0.6 is 11.3 Å². The van der Waals surface area contributed by atoms with E-state index in [2.05, 4.69) is 10.3 Å². The molecule has 1 aliphatic rings. The predicted molar refractivity (Wildman–Crippen MR) is 123 cm³/mol. The second-order valence-electron chi connectivity index (χ2n) is 7.33. The molecule has 3 aromatic rings. The van der Waals surface area contributed by atoms with Crippen molar-refractivity contribution in [2.75, 3.05) is 6.61 Å². The van der Waals surface area contributed by atoms with Gasteiger partial charge in [0.25, 0.3) is 5.91 Å². The molecule has 0 atom stereocenters. The molecule has 1 heterocycles. The third-order valence-electron chi connectivity index (χ3n) is 5.19. The van der Waals surface area contributed by atoms with E-state index < -0.39 is 0 Å². The maximum Gasteiger partial charge on any atom is 0.254 e. The van der Waals surface area contributed by atoms with Crippen LogP contribution in [0.4, 0.5) is 5.00 Å². The van der Waals surface area contributed by atoms with E-state index >= 15 is 0 Å². The Kier molecular flexibility index (Phi) is 6.75. The Hall–Kier alpha value is -3.43. The number of fused-ring (bicyclic) bond motifs is 1. The highest BCUT2D eigenvalue weighted by Gasteiger charge is 2.25. The van der Waals surface area contributed by atoms with E-state index in [-0.39, 0.29) is 12.5 Å². The molecule has 1 aliphatic carbocycles. The number of carbonyl (C=O) groups is 1. The molecule has 0 spiro atoms. The molecule has 1 amide bonds. The number of carbonyl (C=O) groups excluding carboxylic acids is 1. The Morgan fingerprint density at radius 3 is 2.68 bits per heavy atom. The Morgan fingerprint density at radius 1 is 1.13 bits per heavy atom. The Balaban J connectivity index is 1.54. The molecule has 5 nitrogen and oxygen atoms in total. The van der Waals surface area contributed by atoms with Crippen LogP contribution in [-0.2, 0) is 19.4 Å². The van der Waals surface area contributed by atoms with Gasteiger partial charge in [-0.25, -0.2) is 4.99 Å². The average Bonchev–Trinajstić information content (AvgIpc) is 3.19. The van der Waals surface area contributed by atoms with Crippen LogP contribution in [0.3, 0.4) is 0 Å². The van der Waals surface area contributed by atoms with Gasteiger partial charge in [0.15, 0.2) is 6.61 Å². The first kappa shape index (κ1) is 20.8. The smallest absolute Gasteiger partial charge is 0.254 e. The number of nitrogens with one attached hydrogen (secondary N) is 1. The van der Waals surface area contributed by atoms with Gasteiger partial charge in [-0.1, -0.05) is 30.3 Å². The summed E-state index contributed by atoms with van der Waals surface area (Å²) in [5, 5.41) is 12.4. The minimum absolute atomic E-state index is 0.0235. The Morgan fingerprint density at radius 2 is 1.90 bits per heavy atom. The summed E-state index contributed by atoms with van der Waals surface area (Å²) in [5.41, 5.74) is 3.87. The first-order valence-corrected chi connectivity index (χ1v) is 11.2. The van der Waals surface area contributed by atoms with Crippen molar-refractivity contribution in [2.24, 2.45) is 4.99 Å². The molecule has 31 heavy (non-hydrogen) atoms. The fourth-order valence-electron chi connectivity index (χ4n) is 3.64. The lowest BCUT2D eigenvalue weighted by Gasteiger charge is -2.12. The normalized spacial score (nSPS) is 12.9. The van der Waals surface area contributed by atoms with Crippen molar-refractivity contribution < 1.29 is 9.53 Å². The monoisotopic (exact) mass is 429 g/mol. The number of benzene rings is 2. The van der Waals surface area contributed by atoms with Gasteiger partial charge in [0.05, 0.1) is 5.56 Å². The minimum atomic E-state index is -0.0596. The van der Waals surface area contributed by atoms with Crippen LogP contribution in [0.25, 0.3) is 0 Å². The maximum absolute atomic E-state index is 13.1. The van der Waals surface area contributed by atoms with E-state index in [9.17, 15) is 4.79 Å². The molecule has 2 aromatic carbocycles. The van der Waals surface area contributed by atoms with E-state index in [1.165, 1.54) is 4.88 Å². The Labute approximate surface area is 186 Å². The lowest BCUT2D eigenvalue weighted by Crippen LogP contribution is -2.24. The zero-order chi connectivity index (χ0) is 21.5. The minimum Gasteiger partial charge on any atom is -0.479 e. The van der Waals surface area contributed by atoms with Gasteiger partial charge in [-0.05, 0) is 66.6 Å². The number of rotatable bonds is 7. The van der Waals surface area contributed by atoms with E-state index in [4.69, 9.17) is 10.00 Å². The summed E-state index contributed by atoms with van der Waals surface area (Å²) < 4.78 is 5.29. The highest BCUT2D eigenvalue weighted by Crippen LogP contribution is 2.39. The quantitative estimate of drug-likeness (QED) is 0.524. The molecule has 0 radical (unpaired) electrons. The molecule has 1 N–H and O–H groups in total. The average molecular weight is 430 g/mol. The molecule has 0 aliphatic heterocycles. The van der Waals surface area contributed by atoms with Crippen LogP contribution in [0.2, 0.25) is 0 Å². The summed E-state index contributed by atoms with van der Waals surface area (Å²) >= 11 is 1.63. The van der Waals surface area contributed by atoms with Gasteiger partial charge < -0.3 is 10.1 Å².